The van der Waals surface area contributed by atoms with Gasteiger partial charge in [-0.15, -0.1) is 0 Å². The third kappa shape index (κ3) is 4.02. The van der Waals surface area contributed by atoms with Gasteiger partial charge in [-0.25, -0.2) is 8.78 Å². The number of hydrogen-bond donors (Lipinski definition) is 1. The van der Waals surface area contributed by atoms with Crippen molar-refractivity contribution in [3.8, 4) is 5.75 Å². The van der Waals surface area contributed by atoms with Crippen LogP contribution < -0.4 is 10.1 Å². The average molecular weight is 291 g/mol. The summed E-state index contributed by atoms with van der Waals surface area (Å²) in [6.07, 6.45) is 0. The maximum absolute atomic E-state index is 13.9. The smallest absolute Gasteiger partial charge is 0.128 e. The van der Waals surface area contributed by atoms with E-state index in [9.17, 15) is 8.78 Å². The van der Waals surface area contributed by atoms with E-state index in [1.807, 2.05) is 6.92 Å². The standard InChI is InChI=1S/C17H19F2NO/c1-3-20-16(14-6-4-5-7-15(14)19)11-21-17-9-8-13(18)10-12(17)2/h4-10,16,20H,3,11H2,1-2H3. The molecule has 2 aromatic rings. The van der Waals surface area contributed by atoms with Gasteiger partial charge in [0, 0.05) is 5.56 Å². The molecule has 1 atom stereocenters. The van der Waals surface area contributed by atoms with Gasteiger partial charge in [0.15, 0.2) is 0 Å². The SMILES string of the molecule is CCNC(COc1ccc(F)cc1C)c1ccccc1F. The maximum Gasteiger partial charge on any atom is 0.128 e. The Morgan fingerprint density at radius 2 is 1.90 bits per heavy atom. The van der Waals surface area contributed by atoms with Gasteiger partial charge in [0.05, 0.1) is 6.04 Å². The quantitative estimate of drug-likeness (QED) is 0.868. The minimum atomic E-state index is -0.294. The molecule has 112 valence electrons. The van der Waals surface area contributed by atoms with Crippen LogP contribution in [0.15, 0.2) is 42.5 Å². The van der Waals surface area contributed by atoms with Crippen LogP contribution in [0.1, 0.15) is 24.1 Å². The molecule has 0 saturated carbocycles. The monoisotopic (exact) mass is 291 g/mol. The van der Waals surface area contributed by atoms with Crippen molar-refractivity contribution in [2.75, 3.05) is 13.2 Å². The Morgan fingerprint density at radius 1 is 1.14 bits per heavy atom. The van der Waals surface area contributed by atoms with Crippen LogP contribution in [0.5, 0.6) is 5.75 Å². The largest absolute Gasteiger partial charge is 0.491 e. The summed E-state index contributed by atoms with van der Waals surface area (Å²) in [4.78, 5) is 0. The molecule has 21 heavy (non-hydrogen) atoms. The van der Waals surface area contributed by atoms with Gasteiger partial charge in [-0.05, 0) is 43.3 Å². The molecule has 0 heterocycles. The summed E-state index contributed by atoms with van der Waals surface area (Å²) in [5.41, 5.74) is 1.29. The fourth-order valence-electron chi connectivity index (χ4n) is 2.21. The molecule has 0 spiro atoms. The first kappa shape index (κ1) is 15.4. The summed E-state index contributed by atoms with van der Waals surface area (Å²) in [7, 11) is 0. The Hall–Kier alpha value is -1.94. The number of nitrogens with one attached hydrogen (secondary N) is 1. The summed E-state index contributed by atoms with van der Waals surface area (Å²) in [6, 6.07) is 10.7. The number of halogens is 2. The number of aryl methyl sites for hydroxylation is 1. The molecule has 0 aliphatic carbocycles. The second-order valence-electron chi connectivity index (χ2n) is 4.85. The van der Waals surface area contributed by atoms with Crippen molar-refractivity contribution in [2.24, 2.45) is 0 Å². The molecule has 1 N–H and O–H groups in total. The first-order valence-corrected chi connectivity index (χ1v) is 6.98. The van der Waals surface area contributed by atoms with Crippen molar-refractivity contribution in [3.05, 3.63) is 65.2 Å². The molecule has 0 radical (unpaired) electrons. The van der Waals surface area contributed by atoms with Gasteiger partial charge < -0.3 is 10.1 Å². The predicted octanol–water partition coefficient (Wildman–Crippen LogP) is 4.00. The van der Waals surface area contributed by atoms with Gasteiger partial charge in [-0.1, -0.05) is 25.1 Å². The summed E-state index contributed by atoms with van der Waals surface area (Å²) in [6.45, 7) is 4.72. The van der Waals surface area contributed by atoms with Crippen LogP contribution in [0.2, 0.25) is 0 Å². The van der Waals surface area contributed by atoms with Crippen molar-refractivity contribution in [1.82, 2.24) is 5.32 Å². The fourth-order valence-corrected chi connectivity index (χ4v) is 2.21. The first-order chi connectivity index (χ1) is 10.1. The number of rotatable bonds is 6. The summed E-state index contributed by atoms with van der Waals surface area (Å²) in [5.74, 6) is 0.0516. The number of ether oxygens (including phenoxy) is 1. The van der Waals surface area contributed by atoms with Gasteiger partial charge >= 0.3 is 0 Å². The number of hydrogen-bond acceptors (Lipinski definition) is 2. The van der Waals surface area contributed by atoms with Crippen molar-refractivity contribution in [3.63, 3.8) is 0 Å². The van der Waals surface area contributed by atoms with Crippen molar-refractivity contribution in [1.29, 1.82) is 0 Å². The third-order valence-corrected chi connectivity index (χ3v) is 3.27. The highest BCUT2D eigenvalue weighted by Gasteiger charge is 2.15. The topological polar surface area (TPSA) is 21.3 Å². The van der Waals surface area contributed by atoms with E-state index in [0.29, 0.717) is 17.9 Å². The van der Waals surface area contributed by atoms with Crippen molar-refractivity contribution >= 4 is 0 Å². The molecule has 0 aromatic heterocycles. The van der Waals surface area contributed by atoms with Crippen LogP contribution in [-0.4, -0.2) is 13.2 Å². The van der Waals surface area contributed by atoms with Crippen LogP contribution in [-0.2, 0) is 0 Å². The zero-order valence-corrected chi connectivity index (χ0v) is 12.2. The average Bonchev–Trinajstić information content (AvgIpc) is 2.46. The second-order valence-corrected chi connectivity index (χ2v) is 4.85. The molecule has 0 aliphatic rings. The van der Waals surface area contributed by atoms with Crippen LogP contribution in [0.25, 0.3) is 0 Å². The molecular weight excluding hydrogens is 272 g/mol. The van der Waals surface area contributed by atoms with Crippen molar-refractivity contribution < 1.29 is 13.5 Å². The molecule has 0 bridgehead atoms. The van der Waals surface area contributed by atoms with Crippen molar-refractivity contribution in [2.45, 2.75) is 19.9 Å². The Morgan fingerprint density at radius 3 is 2.57 bits per heavy atom. The van der Waals surface area contributed by atoms with Crippen LogP contribution in [0.4, 0.5) is 8.78 Å². The fraction of sp³-hybridized carbons (Fsp3) is 0.294. The number of likely N-dealkylation sites (N-methyl/N-ethyl adjacent to an activating group) is 1. The lowest BCUT2D eigenvalue weighted by Gasteiger charge is -2.20. The summed E-state index contributed by atoms with van der Waals surface area (Å²) in [5, 5.41) is 3.20. The zero-order chi connectivity index (χ0) is 15.2. The van der Waals surface area contributed by atoms with Gasteiger partial charge in [-0.3, -0.25) is 0 Å². The van der Waals surface area contributed by atoms with Gasteiger partial charge in [-0.2, -0.15) is 0 Å². The lowest BCUT2D eigenvalue weighted by molar-refractivity contribution is 0.263. The molecule has 0 fully saturated rings. The van der Waals surface area contributed by atoms with E-state index in [-0.39, 0.29) is 24.3 Å². The lowest BCUT2D eigenvalue weighted by atomic mass is 10.1. The molecule has 0 aliphatic heterocycles. The Bertz CT molecular complexity index is 601. The maximum atomic E-state index is 13.9. The molecule has 2 rings (SSSR count). The Labute approximate surface area is 123 Å². The van der Waals surface area contributed by atoms with Crippen LogP contribution in [0, 0.1) is 18.6 Å². The van der Waals surface area contributed by atoms with E-state index in [2.05, 4.69) is 5.32 Å². The van der Waals surface area contributed by atoms with E-state index < -0.39 is 0 Å². The molecule has 0 saturated heterocycles. The highest BCUT2D eigenvalue weighted by atomic mass is 19.1. The van der Waals surface area contributed by atoms with E-state index in [1.165, 1.54) is 18.2 Å². The van der Waals surface area contributed by atoms with Gasteiger partial charge in [0.2, 0.25) is 0 Å². The molecule has 2 aromatic carbocycles. The predicted molar refractivity (Wildman–Crippen MR) is 79.4 cm³/mol. The van der Waals surface area contributed by atoms with E-state index >= 15 is 0 Å². The van der Waals surface area contributed by atoms with Crippen LogP contribution >= 0.6 is 0 Å². The Kier molecular flexibility index (Phi) is 5.28. The van der Waals surface area contributed by atoms with E-state index in [1.54, 1.807) is 31.2 Å². The van der Waals surface area contributed by atoms with Gasteiger partial charge in [0.1, 0.15) is 24.0 Å². The summed E-state index contributed by atoms with van der Waals surface area (Å²) < 4.78 is 32.7. The first-order valence-electron chi connectivity index (χ1n) is 6.98. The minimum Gasteiger partial charge on any atom is -0.491 e. The minimum absolute atomic E-state index is 0.249. The molecule has 1 unspecified atom stereocenters. The normalized spacial score (nSPS) is 12.2. The molecule has 2 nitrogen and oxygen atoms in total. The summed E-state index contributed by atoms with van der Waals surface area (Å²) >= 11 is 0. The molecule has 0 amide bonds. The highest BCUT2D eigenvalue weighted by molar-refractivity contribution is 5.33. The van der Waals surface area contributed by atoms with E-state index in [0.717, 1.165) is 5.56 Å². The van der Waals surface area contributed by atoms with Crippen LogP contribution in [0.3, 0.4) is 0 Å². The number of benzene rings is 2. The third-order valence-electron chi connectivity index (χ3n) is 3.27. The Balaban J connectivity index is 2.12. The van der Waals surface area contributed by atoms with Gasteiger partial charge in [0.25, 0.3) is 0 Å². The molecule has 4 heteroatoms. The van der Waals surface area contributed by atoms with E-state index in [4.69, 9.17) is 4.74 Å². The lowest BCUT2D eigenvalue weighted by Crippen LogP contribution is -2.27. The zero-order valence-electron chi connectivity index (χ0n) is 12.2. The molecular formula is C17H19F2NO. The highest BCUT2D eigenvalue weighted by Crippen LogP contribution is 2.22. The second kappa shape index (κ2) is 7.18.